The molecule has 3 aliphatic rings. The lowest BCUT2D eigenvalue weighted by Crippen LogP contribution is -2.55. The first-order chi connectivity index (χ1) is 14.9. The van der Waals surface area contributed by atoms with Crippen molar-refractivity contribution in [2.24, 2.45) is 5.92 Å². The summed E-state index contributed by atoms with van der Waals surface area (Å²) in [6.07, 6.45) is -0.713. The molecular weight excluding hydrogens is 432 g/mol. The smallest absolute Gasteiger partial charge is 0.304 e. The number of nitrogens with zero attached hydrogens (tertiary/aromatic N) is 2. The van der Waals surface area contributed by atoms with Gasteiger partial charge in [-0.3, -0.25) is 19.3 Å². The summed E-state index contributed by atoms with van der Waals surface area (Å²) in [4.78, 5) is 51.3. The Balaban J connectivity index is 1.80. The van der Waals surface area contributed by atoms with E-state index >= 15 is 0 Å². The van der Waals surface area contributed by atoms with Gasteiger partial charge in [0.05, 0.1) is 18.2 Å². The Morgan fingerprint density at radius 1 is 1.34 bits per heavy atom. The molecule has 10 heteroatoms. The molecule has 2 N–H and O–H groups in total. The van der Waals surface area contributed by atoms with Crippen LogP contribution >= 0.6 is 0 Å². The van der Waals surface area contributed by atoms with Crippen LogP contribution in [-0.4, -0.2) is 62.0 Å². The van der Waals surface area contributed by atoms with Crippen molar-refractivity contribution >= 4 is 37.5 Å². The fourth-order valence-corrected chi connectivity index (χ4v) is 8.30. The number of hydrogen-bond acceptors (Lipinski definition) is 7. The molecule has 174 valence electrons. The standard InChI is InChI=1S/C22H30N2O7Si/c1-12-20(32(4,5)29)17(8-9-25)31-22(12)15-10-14(6-7-16(15)23(3)21(22)28)24-18(27)11-19(24)30-13(2)26/h6-7,10,12,17,19-20,25,29H,8-9,11H2,1-5H3/t12-,17+,19?,20-,22+/m1/s1. The van der Waals surface area contributed by atoms with Gasteiger partial charge in [-0.1, -0.05) is 6.92 Å². The quantitative estimate of drug-likeness (QED) is 0.387. The Hall–Kier alpha value is -2.27. The first-order valence-electron chi connectivity index (χ1n) is 10.9. The number of rotatable bonds is 5. The van der Waals surface area contributed by atoms with E-state index in [2.05, 4.69) is 0 Å². The van der Waals surface area contributed by atoms with Gasteiger partial charge < -0.3 is 24.3 Å². The van der Waals surface area contributed by atoms with E-state index in [4.69, 9.17) is 9.47 Å². The SMILES string of the molecule is CC(=O)OC1CC(=O)N1c1ccc2c(c1)[C@]1(O[C@@H](CCO)[C@H]([Si](C)(C)O)[C@H]1C)C(=O)N2C. The molecule has 3 heterocycles. The van der Waals surface area contributed by atoms with E-state index in [-0.39, 0.29) is 36.3 Å². The van der Waals surface area contributed by atoms with E-state index in [1.54, 1.807) is 30.1 Å². The van der Waals surface area contributed by atoms with Crippen molar-refractivity contribution in [3.63, 3.8) is 0 Å². The van der Waals surface area contributed by atoms with Gasteiger partial charge in [-0.15, -0.1) is 0 Å². The zero-order valence-corrected chi connectivity index (χ0v) is 20.0. The Kier molecular flexibility index (Phi) is 5.48. The highest BCUT2D eigenvalue weighted by molar-refractivity contribution is 6.71. The van der Waals surface area contributed by atoms with Crippen molar-refractivity contribution in [1.29, 1.82) is 0 Å². The second-order valence-electron chi connectivity index (χ2n) is 9.47. The molecule has 2 amide bonds. The number of esters is 1. The fraction of sp³-hybridized carbons (Fsp3) is 0.591. The largest absolute Gasteiger partial charge is 0.441 e. The number of hydrogen-bond donors (Lipinski definition) is 2. The summed E-state index contributed by atoms with van der Waals surface area (Å²) in [5.74, 6) is -1.22. The number of anilines is 2. The molecule has 0 aromatic heterocycles. The van der Waals surface area contributed by atoms with Crippen LogP contribution in [0.2, 0.25) is 18.6 Å². The minimum atomic E-state index is -2.75. The third-order valence-corrected chi connectivity index (χ3v) is 9.50. The van der Waals surface area contributed by atoms with Gasteiger partial charge in [-0.05, 0) is 37.7 Å². The summed E-state index contributed by atoms with van der Waals surface area (Å²) in [6.45, 7) is 6.74. The van der Waals surface area contributed by atoms with Crippen LogP contribution in [0.4, 0.5) is 11.4 Å². The van der Waals surface area contributed by atoms with Gasteiger partial charge in [0, 0.05) is 43.3 Å². The molecule has 0 bridgehead atoms. The van der Waals surface area contributed by atoms with E-state index in [1.807, 2.05) is 20.0 Å². The molecule has 0 saturated carbocycles. The predicted octanol–water partition coefficient (Wildman–Crippen LogP) is 1.47. The summed E-state index contributed by atoms with van der Waals surface area (Å²) in [5.41, 5.74) is 0.235. The lowest BCUT2D eigenvalue weighted by molar-refractivity contribution is -0.153. The minimum Gasteiger partial charge on any atom is -0.441 e. The molecule has 5 atom stereocenters. The van der Waals surface area contributed by atoms with Crippen LogP contribution in [0.25, 0.3) is 0 Å². The Morgan fingerprint density at radius 3 is 2.59 bits per heavy atom. The monoisotopic (exact) mass is 462 g/mol. The first kappa shape index (κ1) is 22.9. The molecular formula is C22H30N2O7Si. The van der Waals surface area contributed by atoms with Gasteiger partial charge in [0.15, 0.2) is 20.1 Å². The molecule has 0 aliphatic carbocycles. The van der Waals surface area contributed by atoms with Crippen molar-refractivity contribution < 1.29 is 33.8 Å². The van der Waals surface area contributed by atoms with Crippen molar-refractivity contribution in [2.45, 2.75) is 63.3 Å². The topological polar surface area (TPSA) is 117 Å². The van der Waals surface area contributed by atoms with Crippen LogP contribution < -0.4 is 9.80 Å². The maximum absolute atomic E-state index is 13.6. The second-order valence-corrected chi connectivity index (χ2v) is 13.4. The average Bonchev–Trinajstić information content (AvgIpc) is 3.09. The van der Waals surface area contributed by atoms with Gasteiger partial charge in [0.25, 0.3) is 5.91 Å². The van der Waals surface area contributed by atoms with Crippen molar-refractivity contribution in [3.8, 4) is 0 Å². The van der Waals surface area contributed by atoms with E-state index in [9.17, 15) is 24.3 Å². The predicted molar refractivity (Wildman–Crippen MR) is 118 cm³/mol. The van der Waals surface area contributed by atoms with Crippen LogP contribution in [0.1, 0.15) is 32.3 Å². The minimum absolute atomic E-state index is 0.110. The maximum atomic E-state index is 13.6. The number of β-lactam (4-membered cyclic amide) rings is 1. The number of likely N-dealkylation sites (N-methyl/N-ethyl adjacent to an activating group) is 1. The molecule has 1 aromatic rings. The normalized spacial score (nSPS) is 31.8. The second kappa shape index (κ2) is 7.65. The first-order valence-corrected chi connectivity index (χ1v) is 13.9. The van der Waals surface area contributed by atoms with Gasteiger partial charge >= 0.3 is 5.97 Å². The highest BCUT2D eigenvalue weighted by Gasteiger charge is 2.65. The van der Waals surface area contributed by atoms with Crippen molar-refractivity contribution in [1.82, 2.24) is 0 Å². The van der Waals surface area contributed by atoms with Crippen molar-refractivity contribution in [3.05, 3.63) is 23.8 Å². The molecule has 1 aromatic carbocycles. The number of carbonyl (C=O) groups is 3. The molecule has 9 nitrogen and oxygen atoms in total. The number of aliphatic hydroxyl groups excluding tert-OH is 1. The summed E-state index contributed by atoms with van der Waals surface area (Å²) in [5, 5.41) is 9.60. The Bertz CT molecular complexity index is 978. The maximum Gasteiger partial charge on any atom is 0.304 e. The van der Waals surface area contributed by atoms with Crippen LogP contribution in [0.5, 0.6) is 0 Å². The number of carbonyl (C=O) groups excluding carboxylic acids is 3. The number of aliphatic hydroxyl groups is 1. The van der Waals surface area contributed by atoms with Crippen LogP contribution in [0, 0.1) is 5.92 Å². The molecule has 32 heavy (non-hydrogen) atoms. The molecule has 3 aliphatic heterocycles. The zero-order valence-electron chi connectivity index (χ0n) is 19.0. The third-order valence-electron chi connectivity index (χ3n) is 7.00. The molecule has 2 fully saturated rings. The summed E-state index contributed by atoms with van der Waals surface area (Å²) in [6, 6.07) is 5.24. The number of fused-ring (bicyclic) bond motifs is 2. The third kappa shape index (κ3) is 3.20. The van der Waals surface area contributed by atoms with Crippen LogP contribution in [0.3, 0.4) is 0 Å². The summed E-state index contributed by atoms with van der Waals surface area (Å²) < 4.78 is 11.7. The van der Waals surface area contributed by atoms with E-state index < -0.39 is 32.2 Å². The summed E-state index contributed by atoms with van der Waals surface area (Å²) in [7, 11) is -1.08. The fourth-order valence-electron chi connectivity index (χ4n) is 5.70. The average molecular weight is 463 g/mol. The summed E-state index contributed by atoms with van der Waals surface area (Å²) >= 11 is 0. The highest BCUT2D eigenvalue weighted by atomic mass is 28.4. The molecule has 0 radical (unpaired) electrons. The molecule has 1 spiro atoms. The van der Waals surface area contributed by atoms with Gasteiger partial charge in [-0.25, -0.2) is 0 Å². The van der Waals surface area contributed by atoms with Gasteiger partial charge in [0.2, 0.25) is 5.91 Å². The van der Waals surface area contributed by atoms with Crippen LogP contribution in [-0.2, 0) is 29.5 Å². The molecule has 4 rings (SSSR count). The number of benzene rings is 1. The van der Waals surface area contributed by atoms with Gasteiger partial charge in [-0.2, -0.15) is 0 Å². The lowest BCUT2D eigenvalue weighted by atomic mass is 9.82. The Morgan fingerprint density at radius 2 is 2.03 bits per heavy atom. The highest BCUT2D eigenvalue weighted by Crippen LogP contribution is 2.59. The van der Waals surface area contributed by atoms with Gasteiger partial charge in [0.1, 0.15) is 0 Å². The van der Waals surface area contributed by atoms with Crippen molar-refractivity contribution in [2.75, 3.05) is 23.5 Å². The Labute approximate surface area is 188 Å². The molecule has 1 unspecified atom stereocenters. The lowest BCUT2D eigenvalue weighted by Gasteiger charge is -2.39. The van der Waals surface area contributed by atoms with E-state index in [0.717, 1.165) is 0 Å². The molecule has 2 saturated heterocycles. The number of ether oxygens (including phenoxy) is 2. The van der Waals surface area contributed by atoms with E-state index in [0.29, 0.717) is 23.4 Å². The number of amides is 2. The van der Waals surface area contributed by atoms with Crippen LogP contribution in [0.15, 0.2) is 18.2 Å². The zero-order chi connectivity index (χ0) is 23.6. The van der Waals surface area contributed by atoms with E-state index in [1.165, 1.54) is 11.8 Å².